The van der Waals surface area contributed by atoms with Crippen molar-refractivity contribution >= 4 is 30.6 Å². The summed E-state index contributed by atoms with van der Waals surface area (Å²) in [6, 6.07) is 9.53. The highest BCUT2D eigenvalue weighted by atomic mass is 28.3. The van der Waals surface area contributed by atoms with Gasteiger partial charge in [0.25, 0.3) is 0 Å². The Bertz CT molecular complexity index is 877. The van der Waals surface area contributed by atoms with Crippen molar-refractivity contribution in [2.45, 2.75) is 65.5 Å². The van der Waals surface area contributed by atoms with Gasteiger partial charge in [0.15, 0.2) is 0 Å². The van der Waals surface area contributed by atoms with E-state index in [-0.39, 0.29) is 0 Å². The fourth-order valence-electron chi connectivity index (χ4n) is 5.29. The summed E-state index contributed by atoms with van der Waals surface area (Å²) < 4.78 is 0. The molecule has 0 spiro atoms. The minimum absolute atomic E-state index is 0.565. The Morgan fingerprint density at radius 3 is 1.44 bits per heavy atom. The van der Waals surface area contributed by atoms with E-state index >= 15 is 0 Å². The van der Waals surface area contributed by atoms with Crippen molar-refractivity contribution in [1.82, 2.24) is 0 Å². The second-order valence-corrected chi connectivity index (χ2v) is 13.6. The van der Waals surface area contributed by atoms with Crippen molar-refractivity contribution in [2.75, 3.05) is 0 Å². The second kappa shape index (κ2) is 6.63. The van der Waals surface area contributed by atoms with E-state index in [4.69, 9.17) is 0 Å². The molecule has 0 saturated heterocycles. The molecule has 2 aliphatic rings. The number of hydrogen-bond acceptors (Lipinski definition) is 0. The van der Waals surface area contributed by atoms with Crippen LogP contribution in [-0.2, 0) is 12.8 Å². The molecule has 27 heavy (non-hydrogen) atoms. The molecule has 0 aliphatic heterocycles. The van der Waals surface area contributed by atoms with Crippen molar-refractivity contribution in [2.24, 2.45) is 0 Å². The predicted octanol–water partition coefficient (Wildman–Crippen LogP) is 5.89. The van der Waals surface area contributed by atoms with Crippen LogP contribution in [0.25, 0.3) is 12.2 Å². The fraction of sp³-hybridized carbons (Fsp3) is 0.385. The summed E-state index contributed by atoms with van der Waals surface area (Å²) in [7, 11) is -1.86. The van der Waals surface area contributed by atoms with Crippen molar-refractivity contribution in [1.29, 1.82) is 0 Å². The molecule has 0 aromatic heterocycles. The Morgan fingerprint density at radius 2 is 1.07 bits per heavy atom. The third-order valence-electron chi connectivity index (χ3n) is 6.50. The summed E-state index contributed by atoms with van der Waals surface area (Å²) >= 11 is 0. The van der Waals surface area contributed by atoms with Gasteiger partial charge in [0.2, 0.25) is 0 Å². The number of benzene rings is 2. The molecule has 0 nitrogen and oxygen atoms in total. The average Bonchev–Trinajstić information content (AvgIpc) is 3.27. The molecule has 0 amide bonds. The first-order valence-corrected chi connectivity index (χ1v) is 13.5. The molecule has 1 heteroatoms. The van der Waals surface area contributed by atoms with Crippen LogP contribution in [-0.4, -0.2) is 8.07 Å². The van der Waals surface area contributed by atoms with Gasteiger partial charge in [0, 0.05) is 0 Å². The summed E-state index contributed by atoms with van der Waals surface area (Å²) in [5, 5.41) is 3.42. The van der Waals surface area contributed by atoms with Crippen molar-refractivity contribution in [3.63, 3.8) is 0 Å². The van der Waals surface area contributed by atoms with E-state index in [1.807, 2.05) is 0 Å². The predicted molar refractivity (Wildman–Crippen MR) is 123 cm³/mol. The molecule has 0 saturated carbocycles. The van der Waals surface area contributed by atoms with Crippen molar-refractivity contribution in [3.8, 4) is 0 Å². The Balaban J connectivity index is 2.02. The molecule has 0 atom stereocenters. The van der Waals surface area contributed by atoms with Gasteiger partial charge >= 0.3 is 0 Å². The maximum Gasteiger partial charge on any atom is 0.113 e. The molecular formula is C26H32Si. The maximum absolute atomic E-state index is 2.60. The second-order valence-electron chi connectivity index (χ2n) is 9.34. The van der Waals surface area contributed by atoms with Crippen LogP contribution in [0.4, 0.5) is 0 Å². The van der Waals surface area contributed by atoms with Crippen LogP contribution in [0.2, 0.25) is 13.1 Å². The molecule has 0 heterocycles. The summed E-state index contributed by atoms with van der Waals surface area (Å²) in [6.45, 7) is 14.6. The van der Waals surface area contributed by atoms with Gasteiger partial charge in [-0.1, -0.05) is 89.4 Å². The van der Waals surface area contributed by atoms with E-state index in [2.05, 4.69) is 89.4 Å². The van der Waals surface area contributed by atoms with Gasteiger partial charge in [-0.15, -0.1) is 0 Å². The highest BCUT2D eigenvalue weighted by molar-refractivity contribution is 7.01. The summed E-state index contributed by atoms with van der Waals surface area (Å²) in [6.07, 6.45) is 11.6. The average molecular weight is 373 g/mol. The van der Waals surface area contributed by atoms with Crippen LogP contribution in [0.5, 0.6) is 0 Å². The zero-order valence-electron chi connectivity index (χ0n) is 17.7. The summed E-state index contributed by atoms with van der Waals surface area (Å²) in [5.74, 6) is 1.13. The molecule has 2 aromatic rings. The minimum Gasteiger partial charge on any atom is -0.0795 e. The lowest BCUT2D eigenvalue weighted by atomic mass is 9.97. The molecule has 0 fully saturated rings. The zero-order valence-corrected chi connectivity index (χ0v) is 18.7. The van der Waals surface area contributed by atoms with E-state index in [9.17, 15) is 0 Å². The first-order valence-electron chi connectivity index (χ1n) is 10.5. The molecule has 140 valence electrons. The number of hydrogen-bond donors (Lipinski definition) is 0. The Hall–Kier alpha value is -1.86. The third kappa shape index (κ3) is 2.88. The van der Waals surface area contributed by atoms with Crippen molar-refractivity contribution in [3.05, 3.63) is 69.8 Å². The Labute approximate surface area is 166 Å². The molecule has 0 radical (unpaired) electrons. The third-order valence-corrected chi connectivity index (χ3v) is 10.2. The van der Waals surface area contributed by atoms with Crippen LogP contribution >= 0.6 is 0 Å². The Morgan fingerprint density at radius 1 is 0.667 bits per heavy atom. The fourth-order valence-corrected chi connectivity index (χ4v) is 9.73. The molecule has 0 bridgehead atoms. The molecule has 4 rings (SSSR count). The van der Waals surface area contributed by atoms with Gasteiger partial charge in [-0.25, -0.2) is 0 Å². The number of allylic oxidation sites excluding steroid dienone is 2. The van der Waals surface area contributed by atoms with Gasteiger partial charge in [-0.3, -0.25) is 0 Å². The lowest BCUT2D eigenvalue weighted by Gasteiger charge is -2.35. The first kappa shape index (κ1) is 18.5. The van der Waals surface area contributed by atoms with E-state index in [0.29, 0.717) is 11.8 Å². The molecule has 0 N–H and O–H groups in total. The van der Waals surface area contributed by atoms with Crippen LogP contribution in [0.3, 0.4) is 0 Å². The molecular weight excluding hydrogens is 340 g/mol. The lowest BCUT2D eigenvalue weighted by Crippen LogP contribution is -2.58. The van der Waals surface area contributed by atoms with E-state index in [1.165, 1.54) is 11.1 Å². The van der Waals surface area contributed by atoms with Gasteiger partial charge in [0.1, 0.15) is 8.07 Å². The highest BCUT2D eigenvalue weighted by Crippen LogP contribution is 2.30. The van der Waals surface area contributed by atoms with Crippen LogP contribution < -0.4 is 10.4 Å². The van der Waals surface area contributed by atoms with Crippen LogP contribution in [0.15, 0.2) is 36.4 Å². The smallest absolute Gasteiger partial charge is 0.0795 e. The monoisotopic (exact) mass is 372 g/mol. The Kier molecular flexibility index (Phi) is 4.54. The lowest BCUT2D eigenvalue weighted by molar-refractivity contribution is 0.867. The standard InChI is InChI=1S/C26H32Si/c1-17(2)21-15-13-19-9-7-11-23(19)25(21)27(5,6)26-22(18(3)4)16-14-20-10-8-12-24(20)26/h7-10,13-18H,11-12H2,1-6H3. The van der Waals surface area contributed by atoms with E-state index in [0.717, 1.165) is 12.8 Å². The van der Waals surface area contributed by atoms with Gasteiger partial charge in [-0.2, -0.15) is 0 Å². The van der Waals surface area contributed by atoms with Crippen LogP contribution in [0.1, 0.15) is 72.9 Å². The van der Waals surface area contributed by atoms with Gasteiger partial charge in [0.05, 0.1) is 0 Å². The quantitative estimate of drug-likeness (QED) is 0.587. The number of fused-ring (bicyclic) bond motifs is 2. The zero-order chi connectivity index (χ0) is 19.3. The minimum atomic E-state index is -1.86. The van der Waals surface area contributed by atoms with Gasteiger partial charge in [-0.05, 0) is 68.4 Å². The maximum atomic E-state index is 2.60. The summed E-state index contributed by atoms with van der Waals surface area (Å²) in [5.41, 5.74) is 9.27. The summed E-state index contributed by atoms with van der Waals surface area (Å²) in [4.78, 5) is 0. The van der Waals surface area contributed by atoms with E-state index in [1.54, 1.807) is 32.6 Å². The topological polar surface area (TPSA) is 0 Å². The molecule has 2 aliphatic carbocycles. The van der Waals surface area contributed by atoms with Crippen molar-refractivity contribution < 1.29 is 0 Å². The highest BCUT2D eigenvalue weighted by Gasteiger charge is 2.37. The van der Waals surface area contributed by atoms with Gasteiger partial charge < -0.3 is 0 Å². The SMILES string of the molecule is CC(C)c1ccc2c(c1[Si](C)(C)c1c(C(C)C)ccc3c1CC=C3)CC=C2. The largest absolute Gasteiger partial charge is 0.113 e. The van der Waals surface area contributed by atoms with Crippen LogP contribution in [0, 0.1) is 0 Å². The van der Waals surface area contributed by atoms with E-state index < -0.39 is 8.07 Å². The molecule has 0 unspecified atom stereocenters. The molecule has 2 aromatic carbocycles. The number of rotatable bonds is 4. The first-order chi connectivity index (χ1) is 12.8. The normalized spacial score (nSPS) is 15.1.